The number of amides is 1. The first-order valence-electron chi connectivity index (χ1n) is 6.44. The zero-order valence-corrected chi connectivity index (χ0v) is 11.3. The van der Waals surface area contributed by atoms with Crippen molar-refractivity contribution < 1.29 is 14.7 Å². The van der Waals surface area contributed by atoms with Crippen LogP contribution in [0.25, 0.3) is 0 Å². The van der Waals surface area contributed by atoms with Crippen LogP contribution < -0.4 is 0 Å². The van der Waals surface area contributed by atoms with Crippen molar-refractivity contribution in [2.24, 2.45) is 11.3 Å². The first kappa shape index (κ1) is 13.6. The van der Waals surface area contributed by atoms with Crippen molar-refractivity contribution in [3.05, 3.63) is 35.9 Å². The Balaban J connectivity index is 2.08. The van der Waals surface area contributed by atoms with Crippen LogP contribution in [0.5, 0.6) is 0 Å². The predicted octanol–water partition coefficient (Wildman–Crippen LogP) is 2.15. The van der Waals surface area contributed by atoms with Gasteiger partial charge >= 0.3 is 5.97 Å². The molecule has 0 spiro atoms. The third-order valence-corrected chi connectivity index (χ3v) is 3.67. The molecule has 0 heterocycles. The summed E-state index contributed by atoms with van der Waals surface area (Å²) in [6.07, 6.45) is 0.844. The summed E-state index contributed by atoms with van der Waals surface area (Å²) >= 11 is 0. The Bertz CT molecular complexity index is 481. The minimum absolute atomic E-state index is 0.0184. The maximum Gasteiger partial charge on any atom is 0.323 e. The summed E-state index contributed by atoms with van der Waals surface area (Å²) in [6, 6.07) is 9.48. The number of hydrogen-bond donors (Lipinski definition) is 1. The van der Waals surface area contributed by atoms with Crippen molar-refractivity contribution in [3.8, 4) is 0 Å². The quantitative estimate of drug-likeness (QED) is 0.883. The van der Waals surface area contributed by atoms with E-state index in [1.165, 1.54) is 4.90 Å². The van der Waals surface area contributed by atoms with Crippen molar-refractivity contribution in [2.45, 2.75) is 26.8 Å². The Morgan fingerprint density at radius 3 is 2.37 bits per heavy atom. The van der Waals surface area contributed by atoms with Gasteiger partial charge in [-0.3, -0.25) is 9.59 Å². The van der Waals surface area contributed by atoms with E-state index in [2.05, 4.69) is 0 Å². The van der Waals surface area contributed by atoms with Crippen molar-refractivity contribution >= 4 is 11.9 Å². The van der Waals surface area contributed by atoms with E-state index in [1.807, 2.05) is 44.2 Å². The van der Waals surface area contributed by atoms with E-state index < -0.39 is 5.97 Å². The molecule has 1 aromatic carbocycles. The average molecular weight is 261 g/mol. The van der Waals surface area contributed by atoms with Crippen LogP contribution in [0, 0.1) is 11.3 Å². The zero-order chi connectivity index (χ0) is 14.0. The zero-order valence-electron chi connectivity index (χ0n) is 11.3. The summed E-state index contributed by atoms with van der Waals surface area (Å²) in [7, 11) is 0. The van der Waals surface area contributed by atoms with E-state index in [4.69, 9.17) is 5.11 Å². The van der Waals surface area contributed by atoms with Gasteiger partial charge in [0, 0.05) is 12.5 Å². The van der Waals surface area contributed by atoms with Gasteiger partial charge in [0.1, 0.15) is 6.54 Å². The summed E-state index contributed by atoms with van der Waals surface area (Å²) < 4.78 is 0. The molecule has 1 atom stereocenters. The summed E-state index contributed by atoms with van der Waals surface area (Å²) in [5.41, 5.74) is 0.973. The molecule has 0 saturated heterocycles. The maximum absolute atomic E-state index is 12.3. The largest absolute Gasteiger partial charge is 0.480 e. The molecule has 0 aromatic heterocycles. The normalized spacial score (nSPS) is 19.8. The molecule has 4 nitrogen and oxygen atoms in total. The molecule has 1 fully saturated rings. The van der Waals surface area contributed by atoms with E-state index in [-0.39, 0.29) is 23.8 Å². The van der Waals surface area contributed by atoms with Crippen molar-refractivity contribution in [1.82, 2.24) is 4.90 Å². The Morgan fingerprint density at radius 2 is 1.89 bits per heavy atom. The standard InChI is InChI=1S/C15H19NO3/c1-15(2)8-12(15)14(19)16(10-13(17)18)9-11-6-4-3-5-7-11/h3-7,12H,8-10H2,1-2H3,(H,17,18)/t12-/m1/s1. The highest BCUT2D eigenvalue weighted by Gasteiger charge is 2.52. The average Bonchev–Trinajstić information content (AvgIpc) is 2.97. The van der Waals surface area contributed by atoms with Gasteiger partial charge in [0.05, 0.1) is 0 Å². The lowest BCUT2D eigenvalue weighted by Gasteiger charge is -2.21. The predicted molar refractivity (Wildman–Crippen MR) is 71.4 cm³/mol. The molecule has 4 heteroatoms. The van der Waals surface area contributed by atoms with Crippen LogP contribution in [0.4, 0.5) is 0 Å². The fourth-order valence-electron chi connectivity index (χ4n) is 2.29. The first-order chi connectivity index (χ1) is 8.90. The van der Waals surface area contributed by atoms with Gasteiger partial charge < -0.3 is 10.0 Å². The van der Waals surface area contributed by atoms with Gasteiger partial charge in [-0.05, 0) is 17.4 Å². The number of benzene rings is 1. The molecule has 1 N–H and O–H groups in total. The van der Waals surface area contributed by atoms with Crippen LogP contribution >= 0.6 is 0 Å². The number of carbonyl (C=O) groups excluding carboxylic acids is 1. The molecular formula is C15H19NO3. The summed E-state index contributed by atoms with van der Waals surface area (Å²) in [6.45, 7) is 4.20. The molecule has 1 aromatic rings. The number of carboxylic acids is 1. The molecule has 0 unspecified atom stereocenters. The molecule has 1 aliphatic rings. The molecule has 19 heavy (non-hydrogen) atoms. The van der Waals surface area contributed by atoms with Gasteiger partial charge in [0.15, 0.2) is 0 Å². The van der Waals surface area contributed by atoms with Gasteiger partial charge in [-0.1, -0.05) is 44.2 Å². The minimum atomic E-state index is -0.970. The summed E-state index contributed by atoms with van der Waals surface area (Å²) in [5, 5.41) is 8.95. The van der Waals surface area contributed by atoms with Gasteiger partial charge in [-0.2, -0.15) is 0 Å². The molecule has 1 amide bonds. The fraction of sp³-hybridized carbons (Fsp3) is 0.467. The van der Waals surface area contributed by atoms with E-state index in [9.17, 15) is 9.59 Å². The fourth-order valence-corrected chi connectivity index (χ4v) is 2.29. The summed E-state index contributed by atoms with van der Waals surface area (Å²) in [5.74, 6) is -1.05. The number of nitrogens with zero attached hydrogens (tertiary/aromatic N) is 1. The van der Waals surface area contributed by atoms with Gasteiger partial charge in [0.25, 0.3) is 0 Å². The van der Waals surface area contributed by atoms with Crippen LogP contribution in [-0.2, 0) is 16.1 Å². The second-order valence-electron chi connectivity index (χ2n) is 5.82. The van der Waals surface area contributed by atoms with E-state index >= 15 is 0 Å². The Kier molecular flexibility index (Phi) is 3.60. The highest BCUT2D eigenvalue weighted by Crippen LogP contribution is 2.52. The van der Waals surface area contributed by atoms with Crippen molar-refractivity contribution in [3.63, 3.8) is 0 Å². The molecule has 0 aliphatic heterocycles. The SMILES string of the molecule is CC1(C)C[C@@H]1C(=O)N(CC(=O)O)Cc1ccccc1. The second kappa shape index (κ2) is 5.03. The van der Waals surface area contributed by atoms with E-state index in [0.717, 1.165) is 12.0 Å². The minimum Gasteiger partial charge on any atom is -0.480 e. The molecular weight excluding hydrogens is 242 g/mol. The third kappa shape index (κ3) is 3.34. The van der Waals surface area contributed by atoms with Crippen LogP contribution in [0.1, 0.15) is 25.8 Å². The number of aliphatic carboxylic acids is 1. The van der Waals surface area contributed by atoms with Crippen molar-refractivity contribution in [2.75, 3.05) is 6.54 Å². The Morgan fingerprint density at radius 1 is 1.32 bits per heavy atom. The lowest BCUT2D eigenvalue weighted by Crippen LogP contribution is -2.37. The highest BCUT2D eigenvalue weighted by atomic mass is 16.4. The molecule has 2 rings (SSSR count). The van der Waals surface area contributed by atoms with Crippen LogP contribution in [0.2, 0.25) is 0 Å². The van der Waals surface area contributed by atoms with Crippen LogP contribution in [-0.4, -0.2) is 28.4 Å². The van der Waals surface area contributed by atoms with Gasteiger partial charge in [0.2, 0.25) is 5.91 Å². The lowest BCUT2D eigenvalue weighted by molar-refractivity contribution is -0.145. The highest BCUT2D eigenvalue weighted by molar-refractivity contribution is 5.85. The third-order valence-electron chi connectivity index (χ3n) is 3.67. The molecule has 1 aliphatic carbocycles. The topological polar surface area (TPSA) is 57.6 Å². The smallest absolute Gasteiger partial charge is 0.323 e. The van der Waals surface area contributed by atoms with Crippen molar-refractivity contribution in [1.29, 1.82) is 0 Å². The number of rotatable bonds is 5. The van der Waals surface area contributed by atoms with Crippen LogP contribution in [0.3, 0.4) is 0 Å². The van der Waals surface area contributed by atoms with Gasteiger partial charge in [-0.15, -0.1) is 0 Å². The monoisotopic (exact) mass is 261 g/mol. The maximum atomic E-state index is 12.3. The molecule has 102 valence electrons. The van der Waals surface area contributed by atoms with Crippen LogP contribution in [0.15, 0.2) is 30.3 Å². The molecule has 1 saturated carbocycles. The first-order valence-corrected chi connectivity index (χ1v) is 6.44. The number of hydrogen-bond acceptors (Lipinski definition) is 2. The number of carbonyl (C=O) groups is 2. The molecule has 0 radical (unpaired) electrons. The summed E-state index contributed by atoms with van der Waals surface area (Å²) in [4.78, 5) is 24.7. The van der Waals surface area contributed by atoms with E-state index in [0.29, 0.717) is 6.54 Å². The Labute approximate surface area is 113 Å². The Hall–Kier alpha value is -1.84. The number of carboxylic acid groups (broad SMARTS) is 1. The molecule has 0 bridgehead atoms. The lowest BCUT2D eigenvalue weighted by atomic mass is 10.1. The van der Waals surface area contributed by atoms with E-state index in [1.54, 1.807) is 0 Å². The van der Waals surface area contributed by atoms with Gasteiger partial charge in [-0.25, -0.2) is 0 Å². The second-order valence-corrected chi connectivity index (χ2v) is 5.82.